The first kappa shape index (κ1) is 29.1. The molecule has 1 aromatic rings. The molecule has 0 amide bonds. The largest absolute Gasteiger partial charge is 0.539 e. The molecule has 0 aliphatic carbocycles. The predicted molar refractivity (Wildman–Crippen MR) is 128 cm³/mol. The Labute approximate surface area is 193 Å². The van der Waals surface area contributed by atoms with Crippen LogP contribution in [0.25, 0.3) is 0 Å². The number of benzene rings is 1. The summed E-state index contributed by atoms with van der Waals surface area (Å²) in [6.45, 7) is 12.7. The average molecular weight is 497 g/mol. The fraction of sp³-hybridized carbons (Fsp3) is 0.750. The lowest BCUT2D eigenvalue weighted by molar-refractivity contribution is 0.341. The first-order chi connectivity index (χ1) is 15.0. The molecule has 0 aliphatic heterocycles. The van der Waals surface area contributed by atoms with Crippen LogP contribution in [-0.2, 0) is 0 Å². The van der Waals surface area contributed by atoms with Gasteiger partial charge in [0.25, 0.3) is 8.32 Å². The zero-order valence-corrected chi connectivity index (χ0v) is 22.7. The van der Waals surface area contributed by atoms with E-state index in [0.717, 1.165) is 38.1 Å². The van der Waals surface area contributed by atoms with Crippen LogP contribution >= 0.6 is 0 Å². The molecule has 0 heterocycles. The Morgan fingerprint density at radius 2 is 1.09 bits per heavy atom. The maximum absolute atomic E-state index is 14.5. The minimum atomic E-state index is -2.84. The fourth-order valence-electron chi connectivity index (χ4n) is 4.69. The summed E-state index contributed by atoms with van der Waals surface area (Å²) in [7, 11) is -4.23. The van der Waals surface area contributed by atoms with E-state index in [1.165, 1.54) is 18.1 Å². The lowest BCUT2D eigenvalue weighted by Gasteiger charge is -2.37. The van der Waals surface area contributed by atoms with Crippen LogP contribution in [0.2, 0.25) is 41.8 Å². The van der Waals surface area contributed by atoms with E-state index >= 15 is 0 Å². The molecular weight excluding hydrogens is 455 g/mol. The standard InChI is InChI=1S/C24H41F5OSi2/c1-7-11-12-13-16-32(18(5)6,17-14-15-31(8-2,9-3)10-4)30-24-22(28)20(26)19(25)21(27)23(24)29/h18H,7-17H2,1-6H3. The fourth-order valence-corrected chi connectivity index (χ4v) is 12.6. The number of hydrogen-bond acceptors (Lipinski definition) is 1. The van der Waals surface area contributed by atoms with Gasteiger partial charge in [0.05, 0.1) is 8.07 Å². The predicted octanol–water partition coefficient (Wildman–Crippen LogP) is 9.60. The first-order valence-corrected chi connectivity index (χ1v) is 17.5. The van der Waals surface area contributed by atoms with Crippen LogP contribution in [-0.4, -0.2) is 16.4 Å². The summed E-state index contributed by atoms with van der Waals surface area (Å²) in [6, 6.07) is 5.99. The summed E-state index contributed by atoms with van der Waals surface area (Å²) >= 11 is 0. The normalized spacial score (nSPS) is 14.1. The molecular formula is C24H41F5OSi2. The van der Waals surface area contributed by atoms with Crippen molar-refractivity contribution < 1.29 is 26.4 Å². The number of halogens is 5. The van der Waals surface area contributed by atoms with Gasteiger partial charge >= 0.3 is 0 Å². The molecule has 1 unspecified atom stereocenters. The van der Waals surface area contributed by atoms with Crippen molar-refractivity contribution in [1.82, 2.24) is 0 Å². The minimum Gasteiger partial charge on any atom is -0.539 e. The van der Waals surface area contributed by atoms with Gasteiger partial charge in [-0.1, -0.05) is 97.8 Å². The molecule has 0 N–H and O–H groups in total. The number of rotatable bonds is 15. The highest BCUT2D eigenvalue weighted by Gasteiger charge is 2.43. The summed E-state index contributed by atoms with van der Waals surface area (Å²) in [6.07, 6.45) is 4.78. The quantitative estimate of drug-likeness (QED) is 0.0772. The topological polar surface area (TPSA) is 9.23 Å². The van der Waals surface area contributed by atoms with Gasteiger partial charge in [-0.3, -0.25) is 0 Å². The van der Waals surface area contributed by atoms with Gasteiger partial charge in [0.15, 0.2) is 5.75 Å². The van der Waals surface area contributed by atoms with Crippen LogP contribution in [0.5, 0.6) is 5.75 Å². The number of unbranched alkanes of at least 4 members (excludes halogenated alkanes) is 3. The molecule has 0 saturated carbocycles. The average Bonchev–Trinajstić information content (AvgIpc) is 2.79. The van der Waals surface area contributed by atoms with E-state index < -0.39 is 51.2 Å². The van der Waals surface area contributed by atoms with Crippen molar-refractivity contribution in [3.05, 3.63) is 29.1 Å². The summed E-state index contributed by atoms with van der Waals surface area (Å²) in [4.78, 5) is 0. The first-order valence-electron chi connectivity index (χ1n) is 12.2. The van der Waals surface area contributed by atoms with Gasteiger partial charge in [0.1, 0.15) is 0 Å². The minimum absolute atomic E-state index is 0.0138. The summed E-state index contributed by atoms with van der Waals surface area (Å²) < 4.78 is 76.3. The van der Waals surface area contributed by atoms with E-state index in [0.29, 0.717) is 12.1 Å². The Hall–Kier alpha value is -0.896. The Bertz CT molecular complexity index is 688. The molecule has 0 spiro atoms. The lowest BCUT2D eigenvalue weighted by Crippen LogP contribution is -2.46. The zero-order valence-electron chi connectivity index (χ0n) is 20.7. The summed E-state index contributed by atoms with van der Waals surface area (Å²) in [5, 5.41) is 0. The maximum Gasteiger partial charge on any atom is 0.254 e. The highest BCUT2D eigenvalue weighted by molar-refractivity contribution is 6.80. The molecule has 1 nitrogen and oxygen atoms in total. The Balaban J connectivity index is 3.30. The molecule has 0 aliphatic rings. The van der Waals surface area contributed by atoms with Crippen molar-refractivity contribution in [3.8, 4) is 5.75 Å². The zero-order chi connectivity index (χ0) is 24.5. The van der Waals surface area contributed by atoms with Gasteiger partial charge in [-0.05, 0) is 17.6 Å². The smallest absolute Gasteiger partial charge is 0.254 e. The van der Waals surface area contributed by atoms with Gasteiger partial charge in [0, 0.05) is 0 Å². The Kier molecular flexibility index (Phi) is 11.9. The highest BCUT2D eigenvalue weighted by atomic mass is 28.4. The van der Waals surface area contributed by atoms with E-state index in [4.69, 9.17) is 4.43 Å². The molecule has 0 saturated heterocycles. The van der Waals surface area contributed by atoms with E-state index in [1.54, 1.807) is 0 Å². The van der Waals surface area contributed by atoms with E-state index in [-0.39, 0.29) is 5.54 Å². The van der Waals surface area contributed by atoms with Crippen molar-refractivity contribution in [1.29, 1.82) is 0 Å². The molecule has 0 radical (unpaired) electrons. The van der Waals surface area contributed by atoms with Crippen LogP contribution < -0.4 is 4.43 Å². The van der Waals surface area contributed by atoms with Crippen molar-refractivity contribution >= 4 is 16.4 Å². The second-order valence-corrected chi connectivity index (χ2v) is 19.6. The summed E-state index contributed by atoms with van der Waals surface area (Å²) in [5.41, 5.74) is -0.0138. The molecule has 0 aromatic heterocycles. The van der Waals surface area contributed by atoms with Crippen LogP contribution in [0.3, 0.4) is 0 Å². The third-order valence-corrected chi connectivity index (χ3v) is 18.6. The van der Waals surface area contributed by atoms with Gasteiger partial charge in [-0.25, -0.2) is 13.2 Å². The lowest BCUT2D eigenvalue weighted by atomic mass is 10.2. The molecule has 0 fully saturated rings. The second kappa shape index (κ2) is 13.1. The van der Waals surface area contributed by atoms with Crippen LogP contribution in [0.15, 0.2) is 0 Å². The van der Waals surface area contributed by atoms with Gasteiger partial charge in [-0.2, -0.15) is 8.78 Å². The van der Waals surface area contributed by atoms with Crippen LogP contribution in [0.1, 0.15) is 73.6 Å². The van der Waals surface area contributed by atoms with Crippen molar-refractivity contribution in [2.75, 3.05) is 0 Å². The van der Waals surface area contributed by atoms with Crippen molar-refractivity contribution in [2.24, 2.45) is 0 Å². The highest BCUT2D eigenvalue weighted by Crippen LogP contribution is 2.40. The second-order valence-electron chi connectivity index (χ2n) is 9.45. The SMILES string of the molecule is CCCCCC[Si](CCC[Si](CC)(CC)CC)(Oc1c(F)c(F)c(F)c(F)c1F)C(C)C. The molecule has 32 heavy (non-hydrogen) atoms. The summed E-state index contributed by atoms with van der Waals surface area (Å²) in [5.74, 6) is -10.8. The Morgan fingerprint density at radius 1 is 0.625 bits per heavy atom. The van der Waals surface area contributed by atoms with Crippen LogP contribution in [0.4, 0.5) is 22.0 Å². The van der Waals surface area contributed by atoms with E-state index in [1.807, 2.05) is 13.8 Å². The number of hydrogen-bond donors (Lipinski definition) is 0. The molecule has 186 valence electrons. The van der Waals surface area contributed by atoms with E-state index in [2.05, 4.69) is 27.7 Å². The Morgan fingerprint density at radius 3 is 1.53 bits per heavy atom. The molecule has 1 rings (SSSR count). The van der Waals surface area contributed by atoms with E-state index in [9.17, 15) is 22.0 Å². The van der Waals surface area contributed by atoms with Crippen LogP contribution in [0, 0.1) is 29.1 Å². The van der Waals surface area contributed by atoms with Gasteiger partial charge in [-0.15, -0.1) is 0 Å². The third-order valence-electron chi connectivity index (χ3n) is 7.54. The van der Waals surface area contributed by atoms with Crippen molar-refractivity contribution in [3.63, 3.8) is 0 Å². The maximum atomic E-state index is 14.5. The molecule has 1 atom stereocenters. The molecule has 8 heteroatoms. The van der Waals surface area contributed by atoms with Gasteiger partial charge in [0.2, 0.25) is 29.1 Å². The monoisotopic (exact) mass is 496 g/mol. The third kappa shape index (κ3) is 6.81. The molecule has 1 aromatic carbocycles. The molecule has 0 bridgehead atoms. The van der Waals surface area contributed by atoms with Gasteiger partial charge < -0.3 is 4.43 Å². The van der Waals surface area contributed by atoms with Crippen molar-refractivity contribution in [2.45, 2.75) is 115 Å².